The second-order valence-corrected chi connectivity index (χ2v) is 17.8. The molecule has 10 nitrogen and oxygen atoms in total. The van der Waals surface area contributed by atoms with E-state index in [2.05, 4.69) is 40.7 Å². The van der Waals surface area contributed by atoms with Crippen LogP contribution in [0.4, 0.5) is 10.5 Å². The van der Waals surface area contributed by atoms with Gasteiger partial charge in [0.1, 0.15) is 5.58 Å². The first-order valence-electron chi connectivity index (χ1n) is 19.5. The smallest absolute Gasteiger partial charge is 0.850 e. The fraction of sp³-hybridized carbons (Fsp3) is 0.581. The maximum absolute atomic E-state index is 14.0. The van der Waals surface area contributed by atoms with E-state index in [1.807, 2.05) is 51.0 Å². The third-order valence-electron chi connectivity index (χ3n) is 11.6. The molecule has 8 rings (SSSR count). The zero-order valence-electron chi connectivity index (χ0n) is 33.8. The molecule has 2 aliphatic heterocycles. The summed E-state index contributed by atoms with van der Waals surface area (Å²) in [5, 5.41) is 22.4. The van der Waals surface area contributed by atoms with Crippen LogP contribution in [0.3, 0.4) is 0 Å². The summed E-state index contributed by atoms with van der Waals surface area (Å²) in [5.41, 5.74) is 4.67. The van der Waals surface area contributed by atoms with Gasteiger partial charge in [0, 0.05) is 66.4 Å². The van der Waals surface area contributed by atoms with Crippen LogP contribution in [0.25, 0.3) is 33.3 Å². The molecule has 1 N–H and O–H groups in total. The molecule has 2 unspecified atom stereocenters. The molecule has 54 heavy (non-hydrogen) atoms. The number of carbonyl (C=O) groups excluding carboxylic acids is 1. The van der Waals surface area contributed by atoms with Crippen molar-refractivity contribution >= 4 is 39.6 Å². The molecule has 286 valence electrons. The van der Waals surface area contributed by atoms with Gasteiger partial charge in [0.2, 0.25) is 0 Å². The van der Waals surface area contributed by atoms with E-state index >= 15 is 0 Å². The third kappa shape index (κ3) is 8.48. The molecule has 2 saturated heterocycles. The molecule has 0 spiro atoms. The van der Waals surface area contributed by atoms with Crippen molar-refractivity contribution in [2.45, 2.75) is 123 Å². The maximum atomic E-state index is 14.0. The predicted molar refractivity (Wildman–Crippen MR) is 208 cm³/mol. The minimum atomic E-state index is -0.916. The molecule has 2 saturated carbocycles. The van der Waals surface area contributed by atoms with Gasteiger partial charge in [0.15, 0.2) is 5.76 Å². The van der Waals surface area contributed by atoms with Gasteiger partial charge in [-0.05, 0) is 108 Å². The second-order valence-electron chi connectivity index (χ2n) is 17.8. The number of amides is 2. The van der Waals surface area contributed by atoms with Crippen LogP contribution in [0.2, 0.25) is 0 Å². The van der Waals surface area contributed by atoms with Crippen LogP contribution >= 0.6 is 0 Å². The third-order valence-corrected chi connectivity index (χ3v) is 11.6. The number of benzene rings is 2. The van der Waals surface area contributed by atoms with E-state index in [4.69, 9.17) is 9.15 Å². The van der Waals surface area contributed by atoms with Gasteiger partial charge in [-0.15, -0.1) is 5.60 Å². The number of rotatable bonds is 7. The van der Waals surface area contributed by atoms with E-state index in [9.17, 15) is 19.8 Å². The average molecular weight is 765 g/mol. The van der Waals surface area contributed by atoms with Gasteiger partial charge in [-0.3, -0.25) is 9.69 Å². The Morgan fingerprint density at radius 2 is 1.65 bits per heavy atom. The zero-order chi connectivity index (χ0) is 38.0. The minimum absolute atomic E-state index is 0. The maximum Gasteiger partial charge on any atom is 1.00 e. The van der Waals surface area contributed by atoms with E-state index in [1.165, 1.54) is 29.4 Å². The molecule has 0 radical (unpaired) electrons. The normalized spacial score (nSPS) is 21.7. The summed E-state index contributed by atoms with van der Waals surface area (Å²) < 4.78 is 14.7. The Bertz CT molecular complexity index is 1990. The summed E-state index contributed by atoms with van der Waals surface area (Å²) in [6.07, 6.45) is 5.81. The monoisotopic (exact) mass is 764 g/mol. The number of nitrogens with zero attached hydrogens (tertiary/aromatic N) is 4. The van der Waals surface area contributed by atoms with Crippen molar-refractivity contribution in [3.05, 3.63) is 53.6 Å². The van der Waals surface area contributed by atoms with Gasteiger partial charge >= 0.3 is 57.5 Å². The summed E-state index contributed by atoms with van der Waals surface area (Å²) >= 11 is 0. The molecular formula is C43H57KN4O6. The number of hydrogen-bond acceptors (Lipinski definition) is 6. The summed E-state index contributed by atoms with van der Waals surface area (Å²) in [7, 11) is 1.81. The first-order valence-corrected chi connectivity index (χ1v) is 19.5. The molecule has 4 fully saturated rings. The van der Waals surface area contributed by atoms with E-state index < -0.39 is 17.2 Å². The van der Waals surface area contributed by atoms with E-state index in [0.717, 1.165) is 67.7 Å². The second kappa shape index (κ2) is 15.9. The summed E-state index contributed by atoms with van der Waals surface area (Å²) in [4.78, 5) is 32.4. The van der Waals surface area contributed by atoms with Crippen molar-refractivity contribution in [3.8, 4) is 11.5 Å². The van der Waals surface area contributed by atoms with E-state index in [1.54, 1.807) is 25.7 Å². The first kappa shape index (κ1) is 41.3. The van der Waals surface area contributed by atoms with Crippen LogP contribution < -0.4 is 61.4 Å². The van der Waals surface area contributed by atoms with E-state index in [0.29, 0.717) is 29.7 Å². The number of aryl methyl sites for hydroxylation is 1. The number of carbonyl (C=O) groups is 2. The number of methoxy groups -OCH3 is 1. The number of aromatic nitrogens is 1. The van der Waals surface area contributed by atoms with Crippen molar-refractivity contribution in [2.24, 2.45) is 11.8 Å². The van der Waals surface area contributed by atoms with Gasteiger partial charge < -0.3 is 33.7 Å². The Kier molecular flexibility index (Phi) is 12.1. The number of piperidine rings is 2. The fourth-order valence-corrected chi connectivity index (χ4v) is 8.95. The van der Waals surface area contributed by atoms with Gasteiger partial charge in [-0.1, -0.05) is 32.9 Å². The first-order chi connectivity index (χ1) is 25.0. The summed E-state index contributed by atoms with van der Waals surface area (Å²) in [5.74, 6) is 1.65. The van der Waals surface area contributed by atoms with Gasteiger partial charge in [0.05, 0.1) is 29.4 Å². The molecule has 3 atom stereocenters. The number of carboxylic acid groups (broad SMARTS) is 1. The predicted octanol–water partition coefficient (Wildman–Crippen LogP) is 4.92. The van der Waals surface area contributed by atoms with Crippen LogP contribution in [-0.2, 0) is 11.3 Å². The number of likely N-dealkylation sites (tertiary alicyclic amines) is 1. The van der Waals surface area contributed by atoms with Crippen molar-refractivity contribution in [2.75, 3.05) is 31.6 Å². The molecule has 4 aromatic rings. The molecule has 4 heterocycles. The fourth-order valence-electron chi connectivity index (χ4n) is 8.95. The van der Waals surface area contributed by atoms with Crippen LogP contribution in [0, 0.1) is 18.8 Å². The Morgan fingerprint density at radius 1 is 0.963 bits per heavy atom. The van der Waals surface area contributed by atoms with Gasteiger partial charge in [-0.25, -0.2) is 4.79 Å². The minimum Gasteiger partial charge on any atom is -0.850 e. The van der Waals surface area contributed by atoms with Gasteiger partial charge in [0.25, 0.3) is 5.91 Å². The molecule has 2 aromatic carbocycles. The number of anilines is 1. The van der Waals surface area contributed by atoms with Crippen LogP contribution in [0.1, 0.15) is 96.0 Å². The number of furan rings is 1. The quantitative estimate of drug-likeness (QED) is 0.266. The Hall–Kier alpha value is -2.38. The zero-order valence-corrected chi connectivity index (χ0v) is 36.9. The molecule has 2 bridgehead atoms. The molecule has 2 amide bonds. The van der Waals surface area contributed by atoms with Crippen molar-refractivity contribution in [1.82, 2.24) is 14.4 Å². The molecule has 2 aliphatic carbocycles. The summed E-state index contributed by atoms with van der Waals surface area (Å²) in [6, 6.07) is 14.6. The van der Waals surface area contributed by atoms with Crippen molar-refractivity contribution in [1.29, 1.82) is 0 Å². The van der Waals surface area contributed by atoms with E-state index in [-0.39, 0.29) is 75.3 Å². The van der Waals surface area contributed by atoms with Crippen molar-refractivity contribution in [3.63, 3.8) is 0 Å². The molecule has 4 aliphatic rings. The van der Waals surface area contributed by atoms with Gasteiger partial charge in [-0.2, -0.15) is 0 Å². The van der Waals surface area contributed by atoms with Crippen molar-refractivity contribution < 1.29 is 80.3 Å². The Labute approximate surface area is 362 Å². The standard InChI is InChI=1S/C39H48N4O5.C4H9O.K/c1-23-30-12-9-26(37(44)42-22-27-10-13-31(42)35(27)43(38(45)46)39(2,3)4)19-34(30)48-36(23)33-18-25-8-11-28(40-16-14-29(47-5)15-17-40)20-32(25)41(33)21-24-6-7-24;1-4(2,3)5;/h8-9,11-12,18-20,24,27,29,31,35H,6-7,10,13-17,21-22H2,1-5H3,(H,45,46);1-3H3;/q;-1;+1/t27?,31?,35-;;/m1../s1. The summed E-state index contributed by atoms with van der Waals surface area (Å²) in [6.45, 7) is 16.4. The molecule has 11 heteroatoms. The SMILES string of the molecule is CC(C)(C)[O-].COC1CCN(c2ccc3cc(-c4oc5cc(C(=O)N6CC7CCC6[C@@H]7N(C(=O)O)C(C)(C)C)ccc5c4C)n(CC4CC4)c3c2)CC1.[K+]. The number of fused-ring (bicyclic) bond motifs is 4. The topological polar surface area (TPSA) is 114 Å². The van der Waals surface area contributed by atoms with Crippen LogP contribution in [-0.4, -0.2) is 87.5 Å². The van der Waals surface area contributed by atoms with Crippen LogP contribution in [0.5, 0.6) is 0 Å². The Morgan fingerprint density at radius 3 is 2.26 bits per heavy atom. The number of hydrogen-bond donors (Lipinski definition) is 1. The largest absolute Gasteiger partial charge is 1.00 e. The molecule has 2 aromatic heterocycles. The Balaban J connectivity index is 0.000000779. The number of ether oxygens (including phenoxy) is 1. The average Bonchev–Trinajstić information content (AvgIpc) is 3.43. The molecular weight excluding hydrogens is 708 g/mol. The van der Waals surface area contributed by atoms with Crippen LogP contribution in [0.15, 0.2) is 46.9 Å².